The van der Waals surface area contributed by atoms with Crippen LogP contribution in [0.3, 0.4) is 0 Å². The van der Waals surface area contributed by atoms with Crippen molar-refractivity contribution in [1.29, 1.82) is 0 Å². The second-order valence-electron chi connectivity index (χ2n) is 1.54. The van der Waals surface area contributed by atoms with Gasteiger partial charge in [0.2, 0.25) is 0 Å². The van der Waals surface area contributed by atoms with Crippen molar-refractivity contribution in [3.63, 3.8) is 0 Å². The fourth-order valence-electron chi connectivity index (χ4n) is 0.453. The van der Waals surface area contributed by atoms with Gasteiger partial charge in [-0.1, -0.05) is 0 Å². The fourth-order valence-corrected chi connectivity index (χ4v) is 0.453. The molecule has 0 amide bonds. The van der Waals surface area contributed by atoms with Gasteiger partial charge in [0.15, 0.2) is 0 Å². The molecule has 0 aromatic carbocycles. The van der Waals surface area contributed by atoms with E-state index in [0.717, 1.165) is 6.54 Å². The maximum atomic E-state index is 9.72. The highest BCUT2D eigenvalue weighted by Crippen LogP contribution is 1.99. The summed E-state index contributed by atoms with van der Waals surface area (Å²) in [5.74, 6) is 0. The van der Waals surface area contributed by atoms with Gasteiger partial charge in [0, 0.05) is 17.9 Å². The van der Waals surface area contributed by atoms with E-state index in [-0.39, 0.29) is 4.92 Å². The van der Waals surface area contributed by atoms with Crippen molar-refractivity contribution in [2.45, 2.75) is 12.6 Å². The zero-order valence-electron chi connectivity index (χ0n) is 3.76. The first-order valence-electron chi connectivity index (χ1n) is 2.17. The Hall–Kier alpha value is -0.640. The first-order valence-corrected chi connectivity index (χ1v) is 2.17. The van der Waals surface area contributed by atoms with Crippen LogP contribution in [0.2, 0.25) is 0 Å². The van der Waals surface area contributed by atoms with Gasteiger partial charge < -0.3 is 0 Å². The molecule has 1 aliphatic rings. The lowest BCUT2D eigenvalue weighted by atomic mass is 10.2. The molecule has 0 aromatic rings. The Labute approximate surface area is 40.7 Å². The second kappa shape index (κ2) is 1.46. The smallest absolute Gasteiger partial charge is 0.263 e. The molecule has 4 nitrogen and oxygen atoms in total. The van der Waals surface area contributed by atoms with Crippen LogP contribution in [-0.4, -0.2) is 17.6 Å². The summed E-state index contributed by atoms with van der Waals surface area (Å²) in [7, 11) is 0. The summed E-state index contributed by atoms with van der Waals surface area (Å²) in [6.45, 7) is 0.797. The highest BCUT2D eigenvalue weighted by atomic mass is 16.6. The van der Waals surface area contributed by atoms with Crippen LogP contribution in [0.4, 0.5) is 0 Å². The van der Waals surface area contributed by atoms with E-state index in [0.29, 0.717) is 6.42 Å². The summed E-state index contributed by atoms with van der Waals surface area (Å²) >= 11 is 0. The van der Waals surface area contributed by atoms with E-state index in [4.69, 9.17) is 0 Å². The lowest BCUT2D eigenvalue weighted by Gasteiger charge is -2.18. The van der Waals surface area contributed by atoms with Gasteiger partial charge in [-0.15, -0.1) is 0 Å². The van der Waals surface area contributed by atoms with Crippen molar-refractivity contribution in [2.24, 2.45) is 0 Å². The Morgan fingerprint density at radius 3 is 2.43 bits per heavy atom. The molecule has 0 saturated carbocycles. The predicted octanol–water partition coefficient (Wildman–Crippen LogP) is -0.418. The van der Waals surface area contributed by atoms with Crippen molar-refractivity contribution in [1.82, 2.24) is 5.32 Å². The predicted molar refractivity (Wildman–Crippen MR) is 23.4 cm³/mol. The Kier molecular flexibility index (Phi) is 0.941. The average Bonchev–Trinajstić information content (AvgIpc) is 1.23. The van der Waals surface area contributed by atoms with E-state index in [1.165, 1.54) is 0 Å². The molecule has 4 heteroatoms. The zero-order chi connectivity index (χ0) is 5.28. The molecule has 1 fully saturated rings. The van der Waals surface area contributed by atoms with Gasteiger partial charge in [-0.3, -0.25) is 15.4 Å². The summed E-state index contributed by atoms with van der Waals surface area (Å²) in [5, 5.41) is 12.4. The van der Waals surface area contributed by atoms with Crippen molar-refractivity contribution in [2.75, 3.05) is 6.54 Å². The van der Waals surface area contributed by atoms with Crippen LogP contribution >= 0.6 is 0 Å². The summed E-state index contributed by atoms with van der Waals surface area (Å²) < 4.78 is 0. The van der Waals surface area contributed by atoms with E-state index in [9.17, 15) is 10.1 Å². The third-order valence-corrected chi connectivity index (χ3v) is 1.05. The minimum atomic E-state index is -0.444. The number of nitrogens with zero attached hydrogens (tertiary/aromatic N) is 1. The molecule has 0 bridgehead atoms. The van der Waals surface area contributed by atoms with Crippen molar-refractivity contribution < 1.29 is 4.92 Å². The fraction of sp³-hybridized carbons (Fsp3) is 1.00. The van der Waals surface area contributed by atoms with Crippen LogP contribution in [0.1, 0.15) is 6.42 Å². The summed E-state index contributed by atoms with van der Waals surface area (Å²) in [5.41, 5.74) is 0. The number of nitro groups is 1. The van der Waals surface area contributed by atoms with Gasteiger partial charge in [-0.2, -0.15) is 0 Å². The largest absolute Gasteiger partial charge is 0.267 e. The van der Waals surface area contributed by atoms with Gasteiger partial charge in [0.25, 0.3) is 6.17 Å². The van der Waals surface area contributed by atoms with Crippen molar-refractivity contribution in [3.05, 3.63) is 10.1 Å². The van der Waals surface area contributed by atoms with Crippen LogP contribution in [0.25, 0.3) is 0 Å². The van der Waals surface area contributed by atoms with Crippen LogP contribution in [0.15, 0.2) is 0 Å². The maximum absolute atomic E-state index is 9.72. The Balaban J connectivity index is 2.27. The minimum Gasteiger partial charge on any atom is -0.263 e. The van der Waals surface area contributed by atoms with Gasteiger partial charge in [0.05, 0.1) is 0 Å². The molecule has 1 saturated heterocycles. The highest BCUT2D eigenvalue weighted by molar-refractivity contribution is 4.65. The highest BCUT2D eigenvalue weighted by Gasteiger charge is 2.26. The molecule has 1 unspecified atom stereocenters. The van der Waals surface area contributed by atoms with Crippen molar-refractivity contribution >= 4 is 0 Å². The second-order valence-corrected chi connectivity index (χ2v) is 1.54. The molecule has 40 valence electrons. The molecule has 0 aliphatic carbocycles. The SMILES string of the molecule is O=[N+]([O-])C1CCN1. The van der Waals surface area contributed by atoms with Crippen LogP contribution in [-0.2, 0) is 0 Å². The Morgan fingerprint density at radius 2 is 2.43 bits per heavy atom. The van der Waals surface area contributed by atoms with E-state index in [2.05, 4.69) is 5.32 Å². The van der Waals surface area contributed by atoms with Gasteiger partial charge >= 0.3 is 0 Å². The first-order chi connectivity index (χ1) is 3.30. The molecule has 0 spiro atoms. The molecular weight excluding hydrogens is 96.0 g/mol. The third-order valence-electron chi connectivity index (χ3n) is 1.05. The maximum Gasteiger partial charge on any atom is 0.267 e. The summed E-state index contributed by atoms with van der Waals surface area (Å²) in [6.07, 6.45) is 0.243. The van der Waals surface area contributed by atoms with Gasteiger partial charge in [0.1, 0.15) is 0 Å². The molecule has 1 N–H and O–H groups in total. The zero-order valence-corrected chi connectivity index (χ0v) is 3.76. The molecule has 0 aromatic heterocycles. The summed E-state index contributed by atoms with van der Waals surface area (Å²) in [4.78, 5) is 9.42. The van der Waals surface area contributed by atoms with Crippen LogP contribution in [0.5, 0.6) is 0 Å². The topological polar surface area (TPSA) is 55.2 Å². The van der Waals surface area contributed by atoms with E-state index >= 15 is 0 Å². The lowest BCUT2D eigenvalue weighted by molar-refractivity contribution is -0.541. The molecule has 1 aliphatic heterocycles. The monoisotopic (exact) mass is 102 g/mol. The quantitative estimate of drug-likeness (QED) is 0.361. The van der Waals surface area contributed by atoms with Gasteiger partial charge in [-0.25, -0.2) is 0 Å². The molecule has 1 atom stereocenters. The normalized spacial score (nSPS) is 28.9. The molecule has 0 radical (unpaired) electrons. The van der Waals surface area contributed by atoms with E-state index < -0.39 is 6.17 Å². The summed E-state index contributed by atoms with van der Waals surface area (Å²) in [6, 6.07) is 0. The Bertz CT molecular complexity index is 88.9. The minimum absolute atomic E-state index is 0.302. The number of rotatable bonds is 1. The van der Waals surface area contributed by atoms with E-state index in [1.54, 1.807) is 0 Å². The van der Waals surface area contributed by atoms with Crippen molar-refractivity contribution in [3.8, 4) is 0 Å². The third kappa shape index (κ3) is 0.691. The lowest BCUT2D eigenvalue weighted by Crippen LogP contribution is -2.48. The van der Waals surface area contributed by atoms with Crippen LogP contribution in [0, 0.1) is 10.1 Å². The average molecular weight is 102 g/mol. The number of hydrogen-bond donors (Lipinski definition) is 1. The standard InChI is InChI=1S/C3H6N2O2/c6-5(7)3-1-2-4-3/h3-4H,1-2H2. The van der Waals surface area contributed by atoms with E-state index in [1.807, 2.05) is 0 Å². The number of hydrogen-bond acceptors (Lipinski definition) is 3. The molecule has 7 heavy (non-hydrogen) atoms. The first kappa shape index (κ1) is 4.52. The molecular formula is C3H6N2O2. The van der Waals surface area contributed by atoms with Crippen LogP contribution < -0.4 is 5.32 Å². The van der Waals surface area contributed by atoms with Gasteiger partial charge in [-0.05, 0) is 0 Å². The molecule has 1 rings (SSSR count). The Morgan fingerprint density at radius 1 is 1.86 bits per heavy atom. The number of nitrogens with one attached hydrogen (secondary N) is 1. The molecule has 1 heterocycles.